The molecule has 4 N–H and O–H groups in total. The summed E-state index contributed by atoms with van der Waals surface area (Å²) in [5.74, 6) is 6.78. The average Bonchev–Trinajstić information content (AvgIpc) is 4.16. The molecule has 66 heavy (non-hydrogen) atoms. The third kappa shape index (κ3) is 13.8. The second-order valence-corrected chi connectivity index (χ2v) is 19.0. The van der Waals surface area contributed by atoms with E-state index >= 15 is 0 Å². The molecule has 2 aromatic carbocycles. The van der Waals surface area contributed by atoms with Crippen molar-refractivity contribution in [2.24, 2.45) is 0 Å². The molecule has 4 atom stereocenters. The number of rotatable bonds is 8. The van der Waals surface area contributed by atoms with E-state index in [1.807, 2.05) is 45.5 Å². The topological polar surface area (TPSA) is 145 Å². The molecule has 0 unspecified atom stereocenters. The van der Waals surface area contributed by atoms with Gasteiger partial charge in [0.25, 0.3) is 0 Å². The molecular formula is C44H67Br5N12O3S2. The van der Waals surface area contributed by atoms with Crippen molar-refractivity contribution in [3.63, 3.8) is 0 Å². The van der Waals surface area contributed by atoms with Gasteiger partial charge in [0.15, 0.2) is 0 Å². The number of nitrogens with zero attached hydrogens (tertiary/aromatic N) is 10. The molecule has 0 spiro atoms. The number of piperazine rings is 2. The number of amides is 2. The molecule has 2 aromatic heterocycles. The van der Waals surface area contributed by atoms with Crippen LogP contribution in [0.2, 0.25) is 0 Å². The zero-order chi connectivity index (χ0) is 41.0. The number of aryl methyl sites for hydroxylation is 2. The highest BCUT2D eigenvalue weighted by molar-refractivity contribution is 8.93. The van der Waals surface area contributed by atoms with Crippen LogP contribution in [0.5, 0.6) is 0 Å². The number of hydrogen-bond acceptors (Lipinski definition) is 12. The lowest BCUT2D eigenvalue weighted by Crippen LogP contribution is -2.51. The monoisotopic (exact) mass is 1270 g/mol. The fourth-order valence-electron chi connectivity index (χ4n) is 9.56. The minimum absolute atomic E-state index is 0. The van der Waals surface area contributed by atoms with Crippen LogP contribution < -0.4 is 20.4 Å². The number of carbonyl (C=O) groups excluding carboxylic acids is 2. The Morgan fingerprint density at radius 3 is 1.24 bits per heavy atom. The normalized spacial score (nSPS) is 22.9. The van der Waals surface area contributed by atoms with Gasteiger partial charge in [0.05, 0.1) is 46.6 Å². The predicted octanol–water partition coefficient (Wildman–Crippen LogP) is 5.20. The van der Waals surface area contributed by atoms with Crippen LogP contribution >= 0.6 is 108 Å². The van der Waals surface area contributed by atoms with E-state index in [-0.39, 0.29) is 102 Å². The molecule has 0 radical (unpaired) electrons. The van der Waals surface area contributed by atoms with Crippen molar-refractivity contribution in [1.82, 2.24) is 49.8 Å². The lowest BCUT2D eigenvalue weighted by molar-refractivity contribution is -0.132. The number of anilines is 2. The Bertz CT molecular complexity index is 1920. The Labute approximate surface area is 451 Å². The molecule has 6 aliphatic heterocycles. The third-order valence-corrected chi connectivity index (χ3v) is 14.8. The molecule has 10 rings (SSSR count). The summed E-state index contributed by atoms with van der Waals surface area (Å²) in [6.07, 6.45) is 1.86. The first-order chi connectivity index (χ1) is 29.4. The summed E-state index contributed by atoms with van der Waals surface area (Å²) >= 11 is 3.70. The third-order valence-electron chi connectivity index (χ3n) is 12.9. The van der Waals surface area contributed by atoms with Crippen LogP contribution in [0.4, 0.5) is 11.6 Å². The van der Waals surface area contributed by atoms with Crippen molar-refractivity contribution < 1.29 is 15.1 Å². The van der Waals surface area contributed by atoms with Gasteiger partial charge < -0.3 is 35.7 Å². The molecule has 6 fully saturated rings. The van der Waals surface area contributed by atoms with Crippen LogP contribution in [0, 0.1) is 13.8 Å². The second kappa shape index (κ2) is 27.6. The average molecular weight is 1280 g/mol. The SMILES string of the molecule is Br.Br.Br.Br.Br.Cc1cc(N2CCN([C@@H]3CN[C@H](C(=O)N4CCSC4)C3)CC2)n(-c2ccccc2)n1.Cc1cc(N2CCN([C@@H]3CN[C@H](C(=O)N4CCSC4)C3)CC2)n(-c2ccccc2)n1.O. The van der Waals surface area contributed by atoms with E-state index in [0.717, 1.165) is 137 Å². The van der Waals surface area contributed by atoms with E-state index in [4.69, 9.17) is 10.2 Å². The van der Waals surface area contributed by atoms with Gasteiger partial charge >= 0.3 is 0 Å². The molecular weight excluding hydrogens is 1210 g/mol. The molecule has 4 aromatic rings. The minimum Gasteiger partial charge on any atom is -0.412 e. The van der Waals surface area contributed by atoms with Gasteiger partial charge in [-0.3, -0.25) is 19.4 Å². The highest BCUT2D eigenvalue weighted by Gasteiger charge is 2.38. The first-order valence-electron chi connectivity index (χ1n) is 21.8. The van der Waals surface area contributed by atoms with Crippen LogP contribution in [0.1, 0.15) is 24.2 Å². The van der Waals surface area contributed by atoms with Crippen molar-refractivity contribution in [2.75, 3.05) is 112 Å². The van der Waals surface area contributed by atoms with E-state index in [9.17, 15) is 9.59 Å². The minimum atomic E-state index is -0.00566. The summed E-state index contributed by atoms with van der Waals surface area (Å²) in [5.41, 5.74) is 4.28. The van der Waals surface area contributed by atoms with E-state index in [1.165, 1.54) is 11.6 Å². The van der Waals surface area contributed by atoms with Crippen LogP contribution in [0.3, 0.4) is 0 Å². The fraction of sp³-hybridized carbons (Fsp3) is 0.545. The molecule has 22 heteroatoms. The van der Waals surface area contributed by atoms with Gasteiger partial charge in [0, 0.05) is 114 Å². The smallest absolute Gasteiger partial charge is 0.240 e. The highest BCUT2D eigenvalue weighted by atomic mass is 79.9. The Balaban J connectivity index is 0.000000321. The Morgan fingerprint density at radius 2 is 0.909 bits per heavy atom. The van der Waals surface area contributed by atoms with E-state index in [1.54, 1.807) is 0 Å². The number of benzene rings is 2. The quantitative estimate of drug-likeness (QED) is 0.240. The Kier molecular flexibility index (Phi) is 24.5. The number of para-hydroxylation sites is 2. The summed E-state index contributed by atoms with van der Waals surface area (Å²) in [5, 5.41) is 16.4. The van der Waals surface area contributed by atoms with E-state index in [2.05, 4.69) is 114 Å². The Morgan fingerprint density at radius 1 is 0.545 bits per heavy atom. The zero-order valence-corrected chi connectivity index (χ0v) is 47.8. The molecule has 2 amide bonds. The van der Waals surface area contributed by atoms with Gasteiger partial charge in [-0.25, -0.2) is 9.36 Å². The van der Waals surface area contributed by atoms with E-state index < -0.39 is 0 Å². The summed E-state index contributed by atoms with van der Waals surface area (Å²) in [4.78, 5) is 39.4. The van der Waals surface area contributed by atoms with Gasteiger partial charge in [0.2, 0.25) is 11.8 Å². The van der Waals surface area contributed by atoms with Crippen LogP contribution in [0.25, 0.3) is 11.4 Å². The van der Waals surface area contributed by atoms with Gasteiger partial charge in [-0.15, -0.1) is 108 Å². The molecule has 6 aliphatic rings. The van der Waals surface area contributed by atoms with Crippen LogP contribution in [0.15, 0.2) is 72.8 Å². The van der Waals surface area contributed by atoms with Crippen LogP contribution in [-0.2, 0) is 9.59 Å². The van der Waals surface area contributed by atoms with Gasteiger partial charge in [-0.05, 0) is 51.0 Å². The summed E-state index contributed by atoms with van der Waals surface area (Å²) in [6.45, 7) is 15.8. The van der Waals surface area contributed by atoms with Crippen molar-refractivity contribution in [1.29, 1.82) is 0 Å². The summed E-state index contributed by atoms with van der Waals surface area (Å²) < 4.78 is 4.12. The predicted molar refractivity (Wildman–Crippen MR) is 298 cm³/mol. The highest BCUT2D eigenvalue weighted by Crippen LogP contribution is 2.27. The molecule has 15 nitrogen and oxygen atoms in total. The number of carbonyl (C=O) groups is 2. The largest absolute Gasteiger partial charge is 0.412 e. The second-order valence-electron chi connectivity index (χ2n) is 16.8. The lowest BCUT2D eigenvalue weighted by atomic mass is 10.1. The molecule has 368 valence electrons. The van der Waals surface area contributed by atoms with Gasteiger partial charge in [0.1, 0.15) is 11.6 Å². The molecule has 0 aliphatic carbocycles. The first kappa shape index (κ1) is 58.6. The lowest BCUT2D eigenvalue weighted by Gasteiger charge is -2.38. The number of nitrogens with one attached hydrogen (secondary N) is 2. The maximum absolute atomic E-state index is 12.7. The van der Waals surface area contributed by atoms with Crippen molar-refractivity contribution in [3.05, 3.63) is 84.2 Å². The number of thioether (sulfide) groups is 2. The fourth-order valence-corrected chi connectivity index (χ4v) is 11.5. The number of aromatic nitrogens is 4. The number of hydrogen-bond donors (Lipinski definition) is 2. The van der Waals surface area contributed by atoms with Crippen LogP contribution in [-0.4, -0.2) is 182 Å². The maximum Gasteiger partial charge on any atom is 0.240 e. The van der Waals surface area contributed by atoms with E-state index in [0.29, 0.717) is 23.9 Å². The van der Waals surface area contributed by atoms with Crippen molar-refractivity contribution in [3.8, 4) is 11.4 Å². The van der Waals surface area contributed by atoms with Crippen molar-refractivity contribution >= 4 is 132 Å². The standard InChI is InChI=1S/2C22H30N6OS.5BrH.H2O/c2*1-17-13-21(28(24-17)18-5-3-2-4-6-18)26-9-7-25(8-10-26)19-14-20(23-15-19)22(29)27-11-12-30-16-27;;;;;;/h2*2-6,13,19-20,23H,7-12,14-16H2,1H3;5*1H;1H2/t2*19-,20-;;;;;;/m00....../s1. The molecule has 6 saturated heterocycles. The molecule has 0 saturated carbocycles. The van der Waals surface area contributed by atoms with Gasteiger partial charge in [-0.2, -0.15) is 10.2 Å². The Hall–Kier alpha value is -1.70. The molecule has 8 heterocycles. The number of halogens is 5. The molecule has 0 bridgehead atoms. The zero-order valence-electron chi connectivity index (χ0n) is 37.6. The summed E-state index contributed by atoms with van der Waals surface area (Å²) in [7, 11) is 0. The van der Waals surface area contributed by atoms with Crippen molar-refractivity contribution in [2.45, 2.75) is 50.9 Å². The summed E-state index contributed by atoms with van der Waals surface area (Å²) in [6, 6.07) is 26.0. The maximum atomic E-state index is 12.7. The first-order valence-corrected chi connectivity index (χ1v) is 24.1. The van der Waals surface area contributed by atoms with Gasteiger partial charge in [-0.1, -0.05) is 36.4 Å².